The summed E-state index contributed by atoms with van der Waals surface area (Å²) in [6.07, 6.45) is 0. The number of nitrogens with zero attached hydrogens (tertiary/aromatic N) is 1. The number of aryl methyl sites for hydroxylation is 2. The molecule has 1 aromatic heterocycles. The molecule has 18 heavy (non-hydrogen) atoms. The molecule has 0 unspecified atom stereocenters. The van der Waals surface area contributed by atoms with Crippen molar-refractivity contribution < 1.29 is 14.6 Å². The minimum Gasteiger partial charge on any atom is -0.486 e. The summed E-state index contributed by atoms with van der Waals surface area (Å²) >= 11 is 1.29. The molecule has 2 rings (SSSR count). The molecular weight excluding hydrogens is 250 g/mol. The number of hydrogen-bond donors (Lipinski definition) is 1. The molecule has 5 heteroatoms. The second kappa shape index (κ2) is 5.18. The summed E-state index contributed by atoms with van der Waals surface area (Å²) in [6.45, 7) is 4.30. The quantitative estimate of drug-likeness (QED) is 0.921. The molecule has 1 N–H and O–H groups in total. The molecular formula is C13H13NO3S. The Labute approximate surface area is 109 Å². The molecule has 94 valence electrons. The number of aromatic nitrogens is 1. The molecule has 0 amide bonds. The van der Waals surface area contributed by atoms with E-state index in [-0.39, 0.29) is 5.69 Å². The van der Waals surface area contributed by atoms with Crippen molar-refractivity contribution >= 4 is 17.3 Å². The lowest BCUT2D eigenvalue weighted by atomic mass is 10.1. The average molecular weight is 263 g/mol. The van der Waals surface area contributed by atoms with Gasteiger partial charge in [-0.2, -0.15) is 0 Å². The molecule has 4 nitrogen and oxygen atoms in total. The maximum absolute atomic E-state index is 10.7. The molecule has 0 radical (unpaired) electrons. The van der Waals surface area contributed by atoms with Gasteiger partial charge in [0.05, 0.1) is 0 Å². The number of carboxylic acid groups (broad SMARTS) is 1. The van der Waals surface area contributed by atoms with E-state index >= 15 is 0 Å². The van der Waals surface area contributed by atoms with Gasteiger partial charge < -0.3 is 9.84 Å². The van der Waals surface area contributed by atoms with Crippen molar-refractivity contribution in [2.24, 2.45) is 0 Å². The van der Waals surface area contributed by atoms with Gasteiger partial charge in [0.15, 0.2) is 5.69 Å². The van der Waals surface area contributed by atoms with Gasteiger partial charge in [0.2, 0.25) is 0 Å². The SMILES string of the molecule is Cc1cc(C)cc(OCc2nc(C(=O)O)cs2)c1. The molecule has 0 saturated heterocycles. The second-order valence-electron chi connectivity index (χ2n) is 4.04. The van der Waals surface area contributed by atoms with Gasteiger partial charge in [-0.05, 0) is 37.1 Å². The predicted octanol–water partition coefficient (Wildman–Crippen LogP) is 3.04. The third kappa shape index (κ3) is 3.07. The number of aromatic carboxylic acids is 1. The van der Waals surface area contributed by atoms with Crippen LogP contribution in [0.1, 0.15) is 26.6 Å². The van der Waals surface area contributed by atoms with Crippen LogP contribution >= 0.6 is 11.3 Å². The highest BCUT2D eigenvalue weighted by Gasteiger charge is 2.08. The second-order valence-corrected chi connectivity index (χ2v) is 4.99. The van der Waals surface area contributed by atoms with Gasteiger partial charge in [-0.15, -0.1) is 11.3 Å². The topological polar surface area (TPSA) is 59.4 Å². The van der Waals surface area contributed by atoms with E-state index in [2.05, 4.69) is 11.1 Å². The highest BCUT2D eigenvalue weighted by molar-refractivity contribution is 7.09. The lowest BCUT2D eigenvalue weighted by molar-refractivity contribution is 0.0691. The molecule has 0 atom stereocenters. The van der Waals surface area contributed by atoms with E-state index in [0.717, 1.165) is 16.9 Å². The largest absolute Gasteiger partial charge is 0.486 e. The summed E-state index contributed by atoms with van der Waals surface area (Å²) in [5.74, 6) is -0.233. The molecule has 1 aromatic carbocycles. The average Bonchev–Trinajstić information content (AvgIpc) is 2.73. The van der Waals surface area contributed by atoms with Crippen molar-refractivity contribution in [1.29, 1.82) is 0 Å². The third-order valence-electron chi connectivity index (χ3n) is 2.33. The molecule has 0 fully saturated rings. The van der Waals surface area contributed by atoms with Crippen molar-refractivity contribution in [1.82, 2.24) is 4.98 Å². The summed E-state index contributed by atoms with van der Waals surface area (Å²) in [6, 6.07) is 5.95. The summed E-state index contributed by atoms with van der Waals surface area (Å²) in [5.41, 5.74) is 2.34. The van der Waals surface area contributed by atoms with E-state index in [9.17, 15) is 4.79 Å². The number of carboxylic acids is 1. The Morgan fingerprint density at radius 3 is 2.56 bits per heavy atom. The van der Waals surface area contributed by atoms with E-state index in [1.54, 1.807) is 0 Å². The number of rotatable bonds is 4. The zero-order chi connectivity index (χ0) is 13.1. The van der Waals surface area contributed by atoms with Crippen LogP contribution in [0.25, 0.3) is 0 Å². The van der Waals surface area contributed by atoms with Gasteiger partial charge in [-0.3, -0.25) is 0 Å². The zero-order valence-electron chi connectivity index (χ0n) is 10.1. The molecule has 0 aliphatic heterocycles. The Morgan fingerprint density at radius 1 is 1.33 bits per heavy atom. The van der Waals surface area contributed by atoms with Crippen molar-refractivity contribution in [2.75, 3.05) is 0 Å². The van der Waals surface area contributed by atoms with Crippen LogP contribution in [0.2, 0.25) is 0 Å². The normalized spacial score (nSPS) is 10.3. The Balaban J connectivity index is 2.04. The van der Waals surface area contributed by atoms with Gasteiger partial charge in [0.1, 0.15) is 17.4 Å². The van der Waals surface area contributed by atoms with Gasteiger partial charge in [0.25, 0.3) is 0 Å². The van der Waals surface area contributed by atoms with Crippen molar-refractivity contribution in [3.63, 3.8) is 0 Å². The molecule has 0 aliphatic carbocycles. The fourth-order valence-electron chi connectivity index (χ4n) is 1.64. The Kier molecular flexibility index (Phi) is 3.62. The van der Waals surface area contributed by atoms with Crippen LogP contribution in [0.3, 0.4) is 0 Å². The van der Waals surface area contributed by atoms with Crippen molar-refractivity contribution in [2.45, 2.75) is 20.5 Å². The van der Waals surface area contributed by atoms with Crippen LogP contribution in [0.5, 0.6) is 5.75 Å². The molecule has 0 aliphatic rings. The standard InChI is InChI=1S/C13H13NO3S/c1-8-3-9(2)5-10(4-8)17-6-12-14-11(7-18-12)13(15)16/h3-5,7H,6H2,1-2H3,(H,15,16). The summed E-state index contributed by atoms with van der Waals surface area (Å²) < 4.78 is 5.60. The minimum atomic E-state index is -1.01. The highest BCUT2D eigenvalue weighted by Crippen LogP contribution is 2.18. The first kappa shape index (κ1) is 12.6. The van der Waals surface area contributed by atoms with Crippen LogP contribution in [-0.2, 0) is 6.61 Å². The van der Waals surface area contributed by atoms with Gasteiger partial charge in [0, 0.05) is 5.38 Å². The maximum Gasteiger partial charge on any atom is 0.355 e. The summed E-state index contributed by atoms with van der Waals surface area (Å²) in [7, 11) is 0. The zero-order valence-corrected chi connectivity index (χ0v) is 11.0. The van der Waals surface area contributed by atoms with Crippen molar-refractivity contribution in [3.05, 3.63) is 45.4 Å². The smallest absolute Gasteiger partial charge is 0.355 e. The first-order chi connectivity index (χ1) is 8.54. The number of benzene rings is 1. The van der Waals surface area contributed by atoms with Crippen LogP contribution in [0, 0.1) is 13.8 Å². The summed E-state index contributed by atoms with van der Waals surface area (Å²) in [5, 5.41) is 10.9. The number of thiazole rings is 1. The summed E-state index contributed by atoms with van der Waals surface area (Å²) in [4.78, 5) is 14.6. The lowest BCUT2D eigenvalue weighted by Gasteiger charge is -2.06. The molecule has 1 heterocycles. The van der Waals surface area contributed by atoms with Crippen molar-refractivity contribution in [3.8, 4) is 5.75 Å². The van der Waals surface area contributed by atoms with Gasteiger partial charge in [-0.25, -0.2) is 9.78 Å². The fraction of sp³-hybridized carbons (Fsp3) is 0.231. The monoisotopic (exact) mass is 263 g/mol. The molecule has 0 saturated carbocycles. The molecule has 2 aromatic rings. The minimum absolute atomic E-state index is 0.0685. The lowest BCUT2D eigenvalue weighted by Crippen LogP contribution is -1.99. The van der Waals surface area contributed by atoms with E-state index in [0.29, 0.717) is 11.6 Å². The van der Waals surface area contributed by atoms with E-state index < -0.39 is 5.97 Å². The Hall–Kier alpha value is -1.88. The van der Waals surface area contributed by atoms with Gasteiger partial charge >= 0.3 is 5.97 Å². The predicted molar refractivity (Wildman–Crippen MR) is 69.3 cm³/mol. The van der Waals surface area contributed by atoms with E-state index in [1.807, 2.05) is 26.0 Å². The fourth-order valence-corrected chi connectivity index (χ4v) is 2.32. The van der Waals surface area contributed by atoms with E-state index in [1.165, 1.54) is 16.7 Å². The number of ether oxygens (including phenoxy) is 1. The Bertz CT molecular complexity index is 557. The molecule has 0 spiro atoms. The van der Waals surface area contributed by atoms with Crippen LogP contribution in [0.4, 0.5) is 0 Å². The van der Waals surface area contributed by atoms with Crippen LogP contribution in [0.15, 0.2) is 23.6 Å². The highest BCUT2D eigenvalue weighted by atomic mass is 32.1. The van der Waals surface area contributed by atoms with E-state index in [4.69, 9.17) is 9.84 Å². The number of hydrogen-bond acceptors (Lipinski definition) is 4. The Morgan fingerprint density at radius 2 is 2.00 bits per heavy atom. The first-order valence-electron chi connectivity index (χ1n) is 5.43. The van der Waals surface area contributed by atoms with Crippen LogP contribution in [-0.4, -0.2) is 16.1 Å². The third-order valence-corrected chi connectivity index (χ3v) is 3.15. The van der Waals surface area contributed by atoms with Gasteiger partial charge in [-0.1, -0.05) is 6.07 Å². The maximum atomic E-state index is 10.7. The molecule has 0 bridgehead atoms. The number of carbonyl (C=O) groups is 1. The van der Waals surface area contributed by atoms with Crippen LogP contribution < -0.4 is 4.74 Å². The first-order valence-corrected chi connectivity index (χ1v) is 6.31.